The van der Waals surface area contributed by atoms with Crippen LogP contribution in [0, 0.1) is 0 Å². The molecule has 0 radical (unpaired) electrons. The molecule has 0 aromatic rings. The van der Waals surface area contributed by atoms with Crippen molar-refractivity contribution in [1.29, 1.82) is 0 Å². The average molecular weight is 271 g/mol. The van der Waals surface area contributed by atoms with E-state index in [0.717, 1.165) is 25.9 Å². The lowest BCUT2D eigenvalue weighted by Crippen LogP contribution is -2.46. The predicted molar refractivity (Wildman–Crippen MR) is 72.5 cm³/mol. The molecule has 0 aliphatic carbocycles. The first-order valence-corrected chi connectivity index (χ1v) is 6.81. The molecule has 1 aliphatic heterocycles. The number of hydrogen-bond acceptors (Lipinski definition) is 4. The van der Waals surface area contributed by atoms with E-state index in [9.17, 15) is 9.59 Å². The molecule has 6 heteroatoms. The Hall–Kier alpha value is -1.14. The largest absolute Gasteiger partial charge is 0.378 e. The summed E-state index contributed by atoms with van der Waals surface area (Å²) >= 11 is 0. The molecule has 0 spiro atoms. The van der Waals surface area contributed by atoms with Gasteiger partial charge < -0.3 is 21.1 Å². The van der Waals surface area contributed by atoms with Crippen LogP contribution in [-0.4, -0.2) is 43.2 Å². The van der Waals surface area contributed by atoms with Crippen molar-refractivity contribution in [3.8, 4) is 0 Å². The van der Waals surface area contributed by atoms with E-state index in [2.05, 4.69) is 10.6 Å². The molecule has 0 saturated carbocycles. The number of rotatable bonds is 7. The Morgan fingerprint density at radius 1 is 1.37 bits per heavy atom. The van der Waals surface area contributed by atoms with E-state index < -0.39 is 11.4 Å². The molecular weight excluding hydrogens is 246 g/mol. The van der Waals surface area contributed by atoms with Crippen molar-refractivity contribution in [3.63, 3.8) is 0 Å². The van der Waals surface area contributed by atoms with Gasteiger partial charge in [-0.3, -0.25) is 9.59 Å². The number of nitrogens with one attached hydrogen (secondary N) is 2. The summed E-state index contributed by atoms with van der Waals surface area (Å²) in [5.41, 5.74) is 4.53. The van der Waals surface area contributed by atoms with E-state index in [1.807, 2.05) is 0 Å². The monoisotopic (exact) mass is 271 g/mol. The average Bonchev–Trinajstić information content (AvgIpc) is 2.27. The first kappa shape index (κ1) is 15.9. The zero-order valence-corrected chi connectivity index (χ0v) is 11.8. The van der Waals surface area contributed by atoms with Crippen LogP contribution < -0.4 is 16.4 Å². The van der Waals surface area contributed by atoms with Gasteiger partial charge in [0.25, 0.3) is 0 Å². The van der Waals surface area contributed by atoms with E-state index in [0.29, 0.717) is 13.0 Å². The van der Waals surface area contributed by atoms with Crippen LogP contribution in [0.1, 0.15) is 39.5 Å². The highest BCUT2D eigenvalue weighted by atomic mass is 16.5. The number of piperidine rings is 1. The van der Waals surface area contributed by atoms with Crippen LogP contribution in [0.15, 0.2) is 0 Å². The number of hydrogen-bond donors (Lipinski definition) is 3. The number of carbonyl (C=O) groups is 2. The summed E-state index contributed by atoms with van der Waals surface area (Å²) in [6.07, 6.45) is 2.69. The Morgan fingerprint density at radius 2 is 2.00 bits per heavy atom. The minimum atomic E-state index is -0.600. The van der Waals surface area contributed by atoms with Gasteiger partial charge in [-0.1, -0.05) is 0 Å². The van der Waals surface area contributed by atoms with Crippen molar-refractivity contribution in [2.45, 2.75) is 51.2 Å². The fourth-order valence-corrected chi connectivity index (χ4v) is 2.20. The molecule has 6 nitrogen and oxygen atoms in total. The second kappa shape index (κ2) is 7.45. The fraction of sp³-hybridized carbons (Fsp3) is 0.846. The summed E-state index contributed by atoms with van der Waals surface area (Å²) in [5, 5.41) is 6.05. The van der Waals surface area contributed by atoms with Gasteiger partial charge in [0.05, 0.1) is 12.7 Å². The predicted octanol–water partition coefficient (Wildman–Crippen LogP) is -0.0847. The minimum absolute atomic E-state index is 0.111. The highest BCUT2D eigenvalue weighted by molar-refractivity contribution is 5.79. The molecule has 0 aromatic heterocycles. The number of ether oxygens (including phenoxy) is 1. The molecule has 0 aromatic carbocycles. The third-order valence-corrected chi connectivity index (χ3v) is 3.06. The van der Waals surface area contributed by atoms with Crippen molar-refractivity contribution in [1.82, 2.24) is 10.6 Å². The quantitative estimate of drug-likeness (QED) is 0.603. The fourth-order valence-electron chi connectivity index (χ4n) is 2.20. The number of nitrogens with two attached hydrogens (primary N) is 1. The topological polar surface area (TPSA) is 93.5 Å². The zero-order chi connectivity index (χ0) is 14.3. The van der Waals surface area contributed by atoms with E-state index >= 15 is 0 Å². The smallest absolute Gasteiger partial charge is 0.222 e. The number of primary amides is 1. The molecule has 110 valence electrons. The highest BCUT2D eigenvalue weighted by Gasteiger charge is 2.22. The lowest BCUT2D eigenvalue weighted by atomic mass is 10.0. The minimum Gasteiger partial charge on any atom is -0.378 e. The van der Waals surface area contributed by atoms with Crippen LogP contribution in [0.4, 0.5) is 0 Å². The van der Waals surface area contributed by atoms with Gasteiger partial charge >= 0.3 is 0 Å². The van der Waals surface area contributed by atoms with Crippen LogP contribution >= 0.6 is 0 Å². The van der Waals surface area contributed by atoms with Crippen molar-refractivity contribution >= 4 is 11.8 Å². The third-order valence-electron chi connectivity index (χ3n) is 3.06. The van der Waals surface area contributed by atoms with Gasteiger partial charge in [0.1, 0.15) is 0 Å². The van der Waals surface area contributed by atoms with Gasteiger partial charge in [0.15, 0.2) is 0 Å². The molecule has 1 saturated heterocycles. The van der Waals surface area contributed by atoms with Crippen LogP contribution in [-0.2, 0) is 14.3 Å². The van der Waals surface area contributed by atoms with E-state index in [4.69, 9.17) is 10.5 Å². The van der Waals surface area contributed by atoms with Crippen LogP contribution in [0.2, 0.25) is 0 Å². The standard InChI is InChI=1S/C13H25N3O3/c1-13(2,9-11(14)17)16-12(18)5-8-19-10-3-6-15-7-4-10/h10,15H,3-9H2,1-2H3,(H2,14,17)(H,16,18). The summed E-state index contributed by atoms with van der Waals surface area (Å²) in [4.78, 5) is 22.6. The zero-order valence-electron chi connectivity index (χ0n) is 11.8. The van der Waals surface area contributed by atoms with E-state index in [1.54, 1.807) is 13.8 Å². The molecular formula is C13H25N3O3. The van der Waals surface area contributed by atoms with Crippen LogP contribution in [0.5, 0.6) is 0 Å². The number of amides is 2. The summed E-state index contributed by atoms with van der Waals surface area (Å²) in [6, 6.07) is 0. The number of carbonyl (C=O) groups excluding carboxylic acids is 2. The summed E-state index contributed by atoms with van der Waals surface area (Å²) in [6.45, 7) is 5.93. The SMILES string of the molecule is CC(C)(CC(N)=O)NC(=O)CCOC1CCNCC1. The molecule has 0 unspecified atom stereocenters. The van der Waals surface area contributed by atoms with Crippen LogP contribution in [0.25, 0.3) is 0 Å². The maximum atomic E-state index is 11.7. The van der Waals surface area contributed by atoms with Crippen molar-refractivity contribution in [2.24, 2.45) is 5.73 Å². The normalized spacial score (nSPS) is 17.2. The second-order valence-electron chi connectivity index (χ2n) is 5.65. The van der Waals surface area contributed by atoms with E-state index in [-0.39, 0.29) is 18.4 Å². The van der Waals surface area contributed by atoms with Crippen molar-refractivity contribution < 1.29 is 14.3 Å². The van der Waals surface area contributed by atoms with Crippen molar-refractivity contribution in [3.05, 3.63) is 0 Å². The maximum Gasteiger partial charge on any atom is 0.222 e. The maximum absolute atomic E-state index is 11.7. The Bertz CT molecular complexity index is 312. The molecule has 0 atom stereocenters. The molecule has 2 amide bonds. The Morgan fingerprint density at radius 3 is 2.58 bits per heavy atom. The highest BCUT2D eigenvalue weighted by Crippen LogP contribution is 2.09. The Balaban J connectivity index is 2.18. The molecule has 19 heavy (non-hydrogen) atoms. The first-order chi connectivity index (χ1) is 8.89. The molecule has 1 fully saturated rings. The van der Waals surface area contributed by atoms with Gasteiger partial charge in [-0.2, -0.15) is 0 Å². The van der Waals surface area contributed by atoms with Gasteiger partial charge in [-0.25, -0.2) is 0 Å². The first-order valence-electron chi connectivity index (χ1n) is 6.81. The van der Waals surface area contributed by atoms with Gasteiger partial charge in [0, 0.05) is 18.4 Å². The summed E-state index contributed by atoms with van der Waals surface area (Å²) in [5.74, 6) is -0.531. The van der Waals surface area contributed by atoms with Crippen molar-refractivity contribution in [2.75, 3.05) is 19.7 Å². The molecule has 1 rings (SSSR count). The lowest BCUT2D eigenvalue weighted by Gasteiger charge is -2.25. The Kier molecular flexibility index (Phi) is 6.24. The summed E-state index contributed by atoms with van der Waals surface area (Å²) in [7, 11) is 0. The van der Waals surface area contributed by atoms with Gasteiger partial charge in [0.2, 0.25) is 11.8 Å². The van der Waals surface area contributed by atoms with E-state index in [1.165, 1.54) is 0 Å². The van der Waals surface area contributed by atoms with Gasteiger partial charge in [-0.15, -0.1) is 0 Å². The molecule has 0 bridgehead atoms. The Labute approximate surface area is 114 Å². The molecule has 4 N–H and O–H groups in total. The lowest BCUT2D eigenvalue weighted by molar-refractivity contribution is -0.125. The van der Waals surface area contributed by atoms with Gasteiger partial charge in [-0.05, 0) is 39.8 Å². The summed E-state index contributed by atoms with van der Waals surface area (Å²) < 4.78 is 5.66. The van der Waals surface area contributed by atoms with Crippen LogP contribution in [0.3, 0.4) is 0 Å². The molecule has 1 heterocycles. The second-order valence-corrected chi connectivity index (χ2v) is 5.65. The third kappa shape index (κ3) is 7.12. The molecule has 1 aliphatic rings.